The molecule has 0 fully saturated rings. The highest BCUT2D eigenvalue weighted by atomic mass is 16.4. The van der Waals surface area contributed by atoms with Gasteiger partial charge in [-0.1, -0.05) is 0 Å². The number of carboxylic acid groups (broad SMARTS) is 2. The van der Waals surface area contributed by atoms with Crippen molar-refractivity contribution in [2.24, 2.45) is 22.2 Å². The lowest BCUT2D eigenvalue weighted by atomic mass is 10.1. The second-order valence-electron chi connectivity index (χ2n) is 6.51. The predicted octanol–water partition coefficient (Wildman–Crippen LogP) is -3.58. The minimum Gasteiger partial charge on any atom is -0.481 e. The number of amides is 3. The highest BCUT2D eigenvalue weighted by Crippen LogP contribution is 2.02. The first-order valence-corrected chi connectivity index (χ1v) is 9.01. The summed E-state index contributed by atoms with van der Waals surface area (Å²) < 4.78 is 0. The number of nitrogens with one attached hydrogen (secondary N) is 3. The monoisotopic (exact) mass is 431 g/mol. The molecule has 3 amide bonds. The van der Waals surface area contributed by atoms with Gasteiger partial charge in [-0.2, -0.15) is 0 Å². The third-order valence-corrected chi connectivity index (χ3v) is 3.79. The number of carboxylic acids is 2. The summed E-state index contributed by atoms with van der Waals surface area (Å²) in [4.78, 5) is 61.9. The average molecular weight is 431 g/mol. The van der Waals surface area contributed by atoms with E-state index in [9.17, 15) is 24.0 Å². The number of guanidine groups is 1. The number of nitrogens with two attached hydrogens (primary N) is 3. The van der Waals surface area contributed by atoms with Gasteiger partial charge in [0.05, 0.1) is 12.5 Å². The fourth-order valence-corrected chi connectivity index (χ4v) is 2.11. The van der Waals surface area contributed by atoms with Crippen molar-refractivity contribution in [1.29, 1.82) is 0 Å². The van der Waals surface area contributed by atoms with Crippen molar-refractivity contribution in [3.63, 3.8) is 0 Å². The average Bonchev–Trinajstić information content (AvgIpc) is 2.62. The SMILES string of the molecule is CC(NC(=O)C(C)NC(=O)C(CCCN=C(N)N)NC(=O)C(N)CC(=O)O)C(=O)O. The minimum absolute atomic E-state index is 0.0635. The summed E-state index contributed by atoms with van der Waals surface area (Å²) >= 11 is 0. The second-order valence-corrected chi connectivity index (χ2v) is 6.51. The molecule has 0 heterocycles. The Hall–Kier alpha value is -3.42. The number of rotatable bonds is 13. The number of nitrogens with zero attached hydrogens (tertiary/aromatic N) is 1. The van der Waals surface area contributed by atoms with Crippen LogP contribution < -0.4 is 33.2 Å². The molecule has 0 spiro atoms. The molecule has 11 N–H and O–H groups in total. The van der Waals surface area contributed by atoms with Crippen LogP contribution in [0.5, 0.6) is 0 Å². The van der Waals surface area contributed by atoms with Gasteiger partial charge < -0.3 is 43.4 Å². The van der Waals surface area contributed by atoms with Gasteiger partial charge in [0.1, 0.15) is 18.1 Å². The molecule has 4 atom stereocenters. The fraction of sp³-hybridized carbons (Fsp3) is 0.625. The van der Waals surface area contributed by atoms with Gasteiger partial charge in [-0.25, -0.2) is 0 Å². The van der Waals surface area contributed by atoms with E-state index in [4.69, 9.17) is 27.4 Å². The summed E-state index contributed by atoms with van der Waals surface area (Å²) in [6.45, 7) is 2.75. The maximum atomic E-state index is 12.5. The lowest BCUT2D eigenvalue weighted by Crippen LogP contribution is -2.56. The summed E-state index contributed by atoms with van der Waals surface area (Å²) in [5.41, 5.74) is 15.9. The molecule has 14 nitrogen and oxygen atoms in total. The molecular weight excluding hydrogens is 402 g/mol. The molecule has 4 unspecified atom stereocenters. The zero-order valence-electron chi connectivity index (χ0n) is 16.8. The fourth-order valence-electron chi connectivity index (χ4n) is 2.11. The van der Waals surface area contributed by atoms with Crippen LogP contribution in [-0.2, 0) is 24.0 Å². The number of aliphatic imine (C=N–C) groups is 1. The van der Waals surface area contributed by atoms with Crippen LogP contribution in [-0.4, -0.2) is 76.5 Å². The Labute approximate surface area is 172 Å². The van der Waals surface area contributed by atoms with E-state index < -0.39 is 60.2 Å². The first-order valence-electron chi connectivity index (χ1n) is 9.01. The summed E-state index contributed by atoms with van der Waals surface area (Å²) in [6, 6.07) is -4.81. The number of carbonyl (C=O) groups excluding carboxylic acids is 3. The molecular formula is C16H29N7O7. The Morgan fingerprint density at radius 1 is 0.900 bits per heavy atom. The van der Waals surface area contributed by atoms with E-state index in [0.717, 1.165) is 0 Å². The predicted molar refractivity (Wildman–Crippen MR) is 105 cm³/mol. The molecule has 0 aliphatic carbocycles. The van der Waals surface area contributed by atoms with Crippen molar-refractivity contribution >= 4 is 35.6 Å². The third-order valence-electron chi connectivity index (χ3n) is 3.79. The van der Waals surface area contributed by atoms with Crippen LogP contribution in [0.1, 0.15) is 33.1 Å². The molecule has 0 radical (unpaired) electrons. The van der Waals surface area contributed by atoms with Crippen molar-refractivity contribution < 1.29 is 34.2 Å². The highest BCUT2D eigenvalue weighted by molar-refractivity contribution is 5.94. The van der Waals surface area contributed by atoms with E-state index >= 15 is 0 Å². The number of aliphatic carboxylic acids is 2. The molecule has 14 heteroatoms. The Kier molecular flexibility index (Phi) is 11.5. The topological polar surface area (TPSA) is 252 Å². The van der Waals surface area contributed by atoms with E-state index in [1.54, 1.807) is 0 Å². The van der Waals surface area contributed by atoms with Crippen LogP contribution in [0.4, 0.5) is 0 Å². The number of hydrogen-bond donors (Lipinski definition) is 8. The zero-order valence-corrected chi connectivity index (χ0v) is 16.8. The van der Waals surface area contributed by atoms with Gasteiger partial charge in [0.25, 0.3) is 0 Å². The molecule has 170 valence electrons. The Morgan fingerprint density at radius 2 is 1.47 bits per heavy atom. The summed E-state index contributed by atoms with van der Waals surface area (Å²) in [5.74, 6) is -5.05. The van der Waals surface area contributed by atoms with Crippen molar-refractivity contribution in [2.75, 3.05) is 6.54 Å². The summed E-state index contributed by atoms with van der Waals surface area (Å²) in [7, 11) is 0. The highest BCUT2D eigenvalue weighted by Gasteiger charge is 2.27. The summed E-state index contributed by atoms with van der Waals surface area (Å²) in [5, 5.41) is 24.4. The minimum atomic E-state index is -1.38. The van der Waals surface area contributed by atoms with Gasteiger partial charge >= 0.3 is 11.9 Å². The van der Waals surface area contributed by atoms with Crippen molar-refractivity contribution in [2.45, 2.75) is 57.3 Å². The quantitative estimate of drug-likeness (QED) is 0.0808. The molecule has 0 aliphatic rings. The molecule has 0 saturated carbocycles. The Balaban J connectivity index is 5.08. The van der Waals surface area contributed by atoms with Gasteiger partial charge in [0.2, 0.25) is 17.7 Å². The molecule has 0 saturated heterocycles. The Morgan fingerprint density at radius 3 is 1.97 bits per heavy atom. The molecule has 30 heavy (non-hydrogen) atoms. The van der Waals surface area contributed by atoms with Crippen LogP contribution >= 0.6 is 0 Å². The molecule has 0 aromatic rings. The molecule has 0 bridgehead atoms. The maximum absolute atomic E-state index is 12.5. The third kappa shape index (κ3) is 10.8. The lowest BCUT2D eigenvalue weighted by molar-refractivity contribution is -0.141. The smallest absolute Gasteiger partial charge is 0.325 e. The van der Waals surface area contributed by atoms with Crippen LogP contribution in [0.25, 0.3) is 0 Å². The first kappa shape index (κ1) is 26.6. The van der Waals surface area contributed by atoms with Crippen molar-refractivity contribution in [3.05, 3.63) is 0 Å². The number of hydrogen-bond acceptors (Lipinski definition) is 7. The van der Waals surface area contributed by atoms with Crippen molar-refractivity contribution in [3.8, 4) is 0 Å². The molecule has 0 aromatic heterocycles. The van der Waals surface area contributed by atoms with Crippen LogP contribution in [0.15, 0.2) is 4.99 Å². The van der Waals surface area contributed by atoms with E-state index in [0.29, 0.717) is 0 Å². The van der Waals surface area contributed by atoms with E-state index in [2.05, 4.69) is 20.9 Å². The van der Waals surface area contributed by atoms with Gasteiger partial charge in [-0.3, -0.25) is 29.0 Å². The number of carbonyl (C=O) groups is 5. The molecule has 0 rings (SSSR count). The normalized spacial score (nSPS) is 14.4. The standard InChI is InChI=1S/C16H29N7O7/c1-7(12(26)22-8(2)15(29)30)21-14(28)10(4-3-5-20-16(18)19)23-13(27)9(17)6-11(24)25/h7-10H,3-6,17H2,1-2H3,(H,21,28)(H,22,26)(H,23,27)(H,24,25)(H,29,30)(H4,18,19,20). The maximum Gasteiger partial charge on any atom is 0.325 e. The second kappa shape index (κ2) is 12.9. The van der Waals surface area contributed by atoms with Crippen LogP contribution in [0.2, 0.25) is 0 Å². The molecule has 0 aliphatic heterocycles. The van der Waals surface area contributed by atoms with Gasteiger partial charge in [0.15, 0.2) is 5.96 Å². The van der Waals surface area contributed by atoms with Crippen LogP contribution in [0.3, 0.4) is 0 Å². The first-order chi connectivity index (χ1) is 13.8. The van der Waals surface area contributed by atoms with E-state index in [-0.39, 0.29) is 25.3 Å². The summed E-state index contributed by atoms with van der Waals surface area (Å²) in [6.07, 6.45) is -0.296. The van der Waals surface area contributed by atoms with Gasteiger partial charge in [-0.15, -0.1) is 0 Å². The van der Waals surface area contributed by atoms with Gasteiger partial charge in [0, 0.05) is 6.54 Å². The Bertz CT molecular complexity index is 679. The van der Waals surface area contributed by atoms with E-state index in [1.165, 1.54) is 13.8 Å². The van der Waals surface area contributed by atoms with Crippen molar-refractivity contribution in [1.82, 2.24) is 16.0 Å². The lowest BCUT2D eigenvalue weighted by Gasteiger charge is -2.22. The van der Waals surface area contributed by atoms with Crippen LogP contribution in [0, 0.1) is 0 Å². The zero-order chi connectivity index (χ0) is 23.4. The largest absolute Gasteiger partial charge is 0.481 e. The molecule has 0 aromatic carbocycles. The van der Waals surface area contributed by atoms with E-state index in [1.807, 2.05) is 0 Å². The van der Waals surface area contributed by atoms with Gasteiger partial charge in [-0.05, 0) is 26.7 Å².